The van der Waals surface area contributed by atoms with Crippen LogP contribution in [-0.4, -0.2) is 13.1 Å². The van der Waals surface area contributed by atoms with Gasteiger partial charge in [-0.05, 0) is 17.7 Å². The molecule has 0 atom stereocenters. The van der Waals surface area contributed by atoms with Gasteiger partial charge in [0.25, 0.3) is 0 Å². The number of halogens is 1. The summed E-state index contributed by atoms with van der Waals surface area (Å²) in [7, 11) is 1.58. The number of hydrogen-bond acceptors (Lipinski definition) is 1. The van der Waals surface area contributed by atoms with Crippen molar-refractivity contribution in [3.8, 4) is 0 Å². The van der Waals surface area contributed by atoms with Crippen LogP contribution in [-0.2, 0) is 6.54 Å². The van der Waals surface area contributed by atoms with Crippen molar-refractivity contribution in [2.45, 2.75) is 6.54 Å². The van der Waals surface area contributed by atoms with Gasteiger partial charge in [-0.1, -0.05) is 23.7 Å². The van der Waals surface area contributed by atoms with Gasteiger partial charge in [0, 0.05) is 18.6 Å². The van der Waals surface area contributed by atoms with Crippen LogP contribution in [0.5, 0.6) is 0 Å². The molecule has 0 aliphatic heterocycles. The van der Waals surface area contributed by atoms with Crippen LogP contribution in [0, 0.1) is 0 Å². The molecular weight excluding hydrogens is 188 g/mol. The van der Waals surface area contributed by atoms with E-state index in [1.165, 1.54) is 0 Å². The van der Waals surface area contributed by atoms with Crippen molar-refractivity contribution in [1.82, 2.24) is 10.6 Å². The Morgan fingerprint density at radius 3 is 2.92 bits per heavy atom. The molecule has 1 aromatic rings. The van der Waals surface area contributed by atoms with Gasteiger partial charge in [0.05, 0.1) is 0 Å². The van der Waals surface area contributed by atoms with Crippen LogP contribution in [0.1, 0.15) is 5.56 Å². The molecule has 1 aromatic carbocycles. The van der Waals surface area contributed by atoms with E-state index in [9.17, 15) is 4.79 Å². The maximum Gasteiger partial charge on any atom is 0.314 e. The summed E-state index contributed by atoms with van der Waals surface area (Å²) in [6.45, 7) is 0.486. The van der Waals surface area contributed by atoms with Crippen molar-refractivity contribution in [1.29, 1.82) is 0 Å². The Bertz CT molecular complexity index is 301. The molecule has 2 amide bonds. The molecule has 0 spiro atoms. The number of benzene rings is 1. The Balaban J connectivity index is 2.50. The summed E-state index contributed by atoms with van der Waals surface area (Å²) in [6.07, 6.45) is 0. The minimum atomic E-state index is -0.194. The number of urea groups is 1. The Morgan fingerprint density at radius 2 is 2.31 bits per heavy atom. The Morgan fingerprint density at radius 1 is 1.54 bits per heavy atom. The third-order valence-corrected chi connectivity index (χ3v) is 1.80. The fraction of sp³-hybridized carbons (Fsp3) is 0.222. The lowest BCUT2D eigenvalue weighted by atomic mass is 10.2. The molecule has 70 valence electrons. The fourth-order valence-corrected chi connectivity index (χ4v) is 1.13. The molecule has 0 saturated heterocycles. The van der Waals surface area contributed by atoms with Crippen LogP contribution in [0.4, 0.5) is 4.79 Å². The first-order valence-corrected chi connectivity index (χ1v) is 4.30. The van der Waals surface area contributed by atoms with E-state index >= 15 is 0 Å². The summed E-state index contributed by atoms with van der Waals surface area (Å²) in [5.41, 5.74) is 0.983. The number of carbonyl (C=O) groups is 1. The third-order valence-electron chi connectivity index (χ3n) is 1.57. The average molecular weight is 199 g/mol. The predicted octanol–water partition coefficient (Wildman–Crippen LogP) is 1.77. The summed E-state index contributed by atoms with van der Waals surface area (Å²) < 4.78 is 0. The Hall–Kier alpha value is -1.22. The molecule has 0 radical (unpaired) electrons. The SMILES string of the molecule is CNC(=O)NCc1cccc(Cl)c1. The van der Waals surface area contributed by atoms with Gasteiger partial charge in [0.2, 0.25) is 0 Å². The van der Waals surface area contributed by atoms with Crippen LogP contribution in [0.2, 0.25) is 5.02 Å². The Labute approximate surface area is 82.1 Å². The minimum absolute atomic E-state index is 0.194. The standard InChI is InChI=1S/C9H11ClN2O/c1-11-9(13)12-6-7-3-2-4-8(10)5-7/h2-5H,6H2,1H3,(H2,11,12,13). The van der Waals surface area contributed by atoms with Gasteiger partial charge < -0.3 is 10.6 Å². The molecule has 0 aromatic heterocycles. The van der Waals surface area contributed by atoms with Crippen LogP contribution < -0.4 is 10.6 Å². The van der Waals surface area contributed by atoms with E-state index in [-0.39, 0.29) is 6.03 Å². The van der Waals surface area contributed by atoms with Crippen LogP contribution >= 0.6 is 11.6 Å². The third kappa shape index (κ3) is 3.34. The van der Waals surface area contributed by atoms with E-state index in [4.69, 9.17) is 11.6 Å². The zero-order valence-corrected chi connectivity index (χ0v) is 8.06. The molecule has 0 aliphatic rings. The van der Waals surface area contributed by atoms with Gasteiger partial charge in [-0.3, -0.25) is 0 Å². The number of amides is 2. The summed E-state index contributed by atoms with van der Waals surface area (Å²) >= 11 is 5.77. The average Bonchev–Trinajstić information content (AvgIpc) is 2.14. The first-order chi connectivity index (χ1) is 6.22. The lowest BCUT2D eigenvalue weighted by Gasteiger charge is -2.04. The van der Waals surface area contributed by atoms with Crippen LogP contribution in [0.15, 0.2) is 24.3 Å². The van der Waals surface area contributed by atoms with Crippen LogP contribution in [0.25, 0.3) is 0 Å². The lowest BCUT2D eigenvalue weighted by Crippen LogP contribution is -2.32. The quantitative estimate of drug-likeness (QED) is 0.747. The molecule has 2 N–H and O–H groups in total. The molecule has 13 heavy (non-hydrogen) atoms. The number of nitrogens with one attached hydrogen (secondary N) is 2. The second-order valence-corrected chi connectivity index (χ2v) is 3.00. The highest BCUT2D eigenvalue weighted by Gasteiger charge is 1.96. The monoisotopic (exact) mass is 198 g/mol. The highest BCUT2D eigenvalue weighted by atomic mass is 35.5. The second kappa shape index (κ2) is 4.72. The molecule has 0 unspecified atom stereocenters. The maximum absolute atomic E-state index is 10.8. The number of rotatable bonds is 2. The van der Waals surface area contributed by atoms with Crippen molar-refractivity contribution in [2.24, 2.45) is 0 Å². The number of hydrogen-bond donors (Lipinski definition) is 2. The zero-order chi connectivity index (χ0) is 9.68. The predicted molar refractivity (Wildman–Crippen MR) is 52.7 cm³/mol. The van der Waals surface area contributed by atoms with E-state index in [1.807, 2.05) is 18.2 Å². The highest BCUT2D eigenvalue weighted by Crippen LogP contribution is 2.09. The van der Waals surface area contributed by atoms with Crippen molar-refractivity contribution in [3.63, 3.8) is 0 Å². The minimum Gasteiger partial charge on any atom is -0.341 e. The van der Waals surface area contributed by atoms with Gasteiger partial charge in [-0.25, -0.2) is 4.79 Å². The molecule has 4 heteroatoms. The molecule has 0 saturated carbocycles. The maximum atomic E-state index is 10.8. The topological polar surface area (TPSA) is 41.1 Å². The van der Waals surface area contributed by atoms with E-state index in [1.54, 1.807) is 13.1 Å². The summed E-state index contributed by atoms with van der Waals surface area (Å²) in [4.78, 5) is 10.8. The van der Waals surface area contributed by atoms with Gasteiger partial charge >= 0.3 is 6.03 Å². The molecule has 3 nitrogen and oxygen atoms in total. The highest BCUT2D eigenvalue weighted by molar-refractivity contribution is 6.30. The zero-order valence-electron chi connectivity index (χ0n) is 7.30. The first kappa shape index (κ1) is 9.86. The number of carbonyl (C=O) groups excluding carboxylic acids is 1. The Kier molecular flexibility index (Phi) is 3.58. The molecular formula is C9H11ClN2O. The van der Waals surface area contributed by atoms with Crippen LogP contribution in [0.3, 0.4) is 0 Å². The van der Waals surface area contributed by atoms with Gasteiger partial charge in [-0.2, -0.15) is 0 Å². The van der Waals surface area contributed by atoms with E-state index < -0.39 is 0 Å². The molecule has 0 aliphatic carbocycles. The molecule has 0 heterocycles. The summed E-state index contributed by atoms with van der Waals surface area (Å²) in [5, 5.41) is 5.81. The summed E-state index contributed by atoms with van der Waals surface area (Å²) in [5.74, 6) is 0. The van der Waals surface area contributed by atoms with Gasteiger partial charge in [0.1, 0.15) is 0 Å². The first-order valence-electron chi connectivity index (χ1n) is 3.92. The van der Waals surface area contributed by atoms with Gasteiger partial charge in [0.15, 0.2) is 0 Å². The normalized spacial score (nSPS) is 9.38. The van der Waals surface area contributed by atoms with E-state index in [0.717, 1.165) is 5.56 Å². The van der Waals surface area contributed by atoms with Gasteiger partial charge in [-0.15, -0.1) is 0 Å². The second-order valence-electron chi connectivity index (χ2n) is 2.56. The lowest BCUT2D eigenvalue weighted by molar-refractivity contribution is 0.242. The molecule has 1 rings (SSSR count). The largest absolute Gasteiger partial charge is 0.341 e. The summed E-state index contributed by atoms with van der Waals surface area (Å²) in [6, 6.07) is 7.17. The van der Waals surface area contributed by atoms with Crippen molar-refractivity contribution < 1.29 is 4.79 Å². The van der Waals surface area contributed by atoms with E-state index in [2.05, 4.69) is 10.6 Å². The smallest absolute Gasteiger partial charge is 0.314 e. The van der Waals surface area contributed by atoms with Crippen molar-refractivity contribution in [3.05, 3.63) is 34.9 Å². The van der Waals surface area contributed by atoms with E-state index in [0.29, 0.717) is 11.6 Å². The van der Waals surface area contributed by atoms with Crippen molar-refractivity contribution in [2.75, 3.05) is 7.05 Å². The molecule has 0 fully saturated rings. The van der Waals surface area contributed by atoms with Crippen molar-refractivity contribution >= 4 is 17.6 Å². The fourth-order valence-electron chi connectivity index (χ4n) is 0.918. The molecule has 0 bridgehead atoms.